The average Bonchev–Trinajstić information content (AvgIpc) is 2.74. The minimum atomic E-state index is 0.0714. The van der Waals surface area contributed by atoms with Crippen LogP contribution in [-0.2, 0) is 0 Å². The van der Waals surface area contributed by atoms with Gasteiger partial charge in [0.05, 0.1) is 21.8 Å². The summed E-state index contributed by atoms with van der Waals surface area (Å²) < 4.78 is 0. The second-order valence-corrected chi connectivity index (χ2v) is 6.80. The molecule has 0 saturated heterocycles. The highest BCUT2D eigenvalue weighted by Crippen LogP contribution is 2.31. The van der Waals surface area contributed by atoms with Crippen LogP contribution < -0.4 is 5.32 Å². The van der Waals surface area contributed by atoms with Gasteiger partial charge < -0.3 is 5.32 Å². The van der Waals surface area contributed by atoms with Gasteiger partial charge >= 0.3 is 0 Å². The summed E-state index contributed by atoms with van der Waals surface area (Å²) in [6.45, 7) is 7.23. The fraction of sp³-hybridized carbons (Fsp3) is 0.400. The van der Waals surface area contributed by atoms with Gasteiger partial charge in [0, 0.05) is 4.88 Å². The maximum atomic E-state index is 6.14. The Labute approximate surface area is 134 Å². The molecule has 2 aromatic rings. The van der Waals surface area contributed by atoms with E-state index in [2.05, 4.69) is 24.1 Å². The topological polar surface area (TPSA) is 24.9 Å². The first-order valence-electron chi connectivity index (χ1n) is 6.65. The number of aromatic nitrogens is 1. The lowest BCUT2D eigenvalue weighted by Crippen LogP contribution is -2.23. The molecule has 5 heteroatoms. The molecule has 108 valence electrons. The minimum absolute atomic E-state index is 0.0714. The van der Waals surface area contributed by atoms with Crippen LogP contribution in [0.25, 0.3) is 0 Å². The highest BCUT2D eigenvalue weighted by Gasteiger charge is 2.19. The van der Waals surface area contributed by atoms with Crippen LogP contribution in [-0.4, -0.2) is 11.5 Å². The van der Waals surface area contributed by atoms with Crippen molar-refractivity contribution in [1.29, 1.82) is 0 Å². The third kappa shape index (κ3) is 3.53. The van der Waals surface area contributed by atoms with Crippen LogP contribution in [0.1, 0.15) is 40.5 Å². The molecular weight excluding hydrogens is 311 g/mol. The average molecular weight is 329 g/mol. The normalized spacial score (nSPS) is 12.7. The Kier molecular flexibility index (Phi) is 5.44. The van der Waals surface area contributed by atoms with E-state index in [1.165, 1.54) is 4.88 Å². The lowest BCUT2D eigenvalue weighted by molar-refractivity contribution is 0.595. The van der Waals surface area contributed by atoms with E-state index in [-0.39, 0.29) is 6.04 Å². The number of hydrogen-bond donors (Lipinski definition) is 1. The van der Waals surface area contributed by atoms with Gasteiger partial charge in [-0.25, -0.2) is 4.98 Å². The predicted molar refractivity (Wildman–Crippen MR) is 88.2 cm³/mol. The Morgan fingerprint density at radius 3 is 2.55 bits per heavy atom. The smallest absolute Gasteiger partial charge is 0.115 e. The molecule has 0 fully saturated rings. The molecule has 0 spiro atoms. The summed E-state index contributed by atoms with van der Waals surface area (Å²) >= 11 is 13.9. The Morgan fingerprint density at radius 2 is 2.00 bits per heavy atom. The van der Waals surface area contributed by atoms with Crippen LogP contribution in [0, 0.1) is 13.8 Å². The fourth-order valence-corrected chi connectivity index (χ4v) is 3.28. The van der Waals surface area contributed by atoms with Crippen molar-refractivity contribution in [3.63, 3.8) is 0 Å². The summed E-state index contributed by atoms with van der Waals surface area (Å²) in [5.41, 5.74) is 2.19. The van der Waals surface area contributed by atoms with Gasteiger partial charge in [-0.3, -0.25) is 0 Å². The zero-order chi connectivity index (χ0) is 14.7. The molecule has 1 aromatic carbocycles. The first-order chi connectivity index (χ1) is 9.52. The molecule has 0 aliphatic heterocycles. The third-order valence-electron chi connectivity index (χ3n) is 3.17. The van der Waals surface area contributed by atoms with E-state index < -0.39 is 0 Å². The van der Waals surface area contributed by atoms with E-state index in [1.807, 2.05) is 25.1 Å². The van der Waals surface area contributed by atoms with Crippen molar-refractivity contribution in [2.75, 3.05) is 6.54 Å². The lowest BCUT2D eigenvalue weighted by atomic mass is 10.1. The fourth-order valence-electron chi connectivity index (χ4n) is 1.95. The number of thiazole rings is 1. The van der Waals surface area contributed by atoms with Crippen molar-refractivity contribution >= 4 is 34.5 Å². The molecule has 2 nitrogen and oxygen atoms in total. The molecule has 1 aromatic heterocycles. The van der Waals surface area contributed by atoms with Crippen molar-refractivity contribution in [3.8, 4) is 0 Å². The van der Waals surface area contributed by atoms with Gasteiger partial charge in [-0.1, -0.05) is 36.2 Å². The molecule has 0 bridgehead atoms. The predicted octanol–water partition coefficient (Wildman–Crippen LogP) is 5.16. The molecule has 0 radical (unpaired) electrons. The van der Waals surface area contributed by atoms with Gasteiger partial charge in [-0.2, -0.15) is 0 Å². The molecule has 1 atom stereocenters. The third-order valence-corrected chi connectivity index (χ3v) is 5.04. The Morgan fingerprint density at radius 1 is 1.25 bits per heavy atom. The van der Waals surface area contributed by atoms with Crippen LogP contribution in [0.15, 0.2) is 18.2 Å². The monoisotopic (exact) mass is 328 g/mol. The van der Waals surface area contributed by atoms with E-state index in [9.17, 15) is 0 Å². The van der Waals surface area contributed by atoms with Gasteiger partial charge in [-0.15, -0.1) is 11.3 Å². The summed E-state index contributed by atoms with van der Waals surface area (Å²) in [6.07, 6.45) is 1.07. The lowest BCUT2D eigenvalue weighted by Gasteiger charge is -2.17. The molecule has 1 heterocycles. The molecule has 0 aliphatic carbocycles. The second kappa shape index (κ2) is 6.90. The van der Waals surface area contributed by atoms with Crippen molar-refractivity contribution in [1.82, 2.24) is 10.3 Å². The number of nitrogens with zero attached hydrogens (tertiary/aromatic N) is 1. The molecule has 1 unspecified atom stereocenters. The molecule has 1 N–H and O–H groups in total. The number of rotatable bonds is 5. The van der Waals surface area contributed by atoms with Crippen LogP contribution in [0.3, 0.4) is 0 Å². The highest BCUT2D eigenvalue weighted by atomic mass is 35.5. The van der Waals surface area contributed by atoms with Gasteiger partial charge in [-0.05, 0) is 44.5 Å². The van der Waals surface area contributed by atoms with Crippen LogP contribution >= 0.6 is 34.5 Å². The Hall–Kier alpha value is -0.610. The first-order valence-corrected chi connectivity index (χ1v) is 8.22. The van der Waals surface area contributed by atoms with E-state index >= 15 is 0 Å². The zero-order valence-corrected chi connectivity index (χ0v) is 14.2. The quantitative estimate of drug-likeness (QED) is 0.820. The van der Waals surface area contributed by atoms with Crippen molar-refractivity contribution in [2.45, 2.75) is 33.2 Å². The summed E-state index contributed by atoms with van der Waals surface area (Å²) in [4.78, 5) is 5.92. The molecule has 0 saturated carbocycles. The van der Waals surface area contributed by atoms with E-state index in [4.69, 9.17) is 23.2 Å². The number of hydrogen-bond acceptors (Lipinski definition) is 3. The van der Waals surface area contributed by atoms with E-state index in [0.717, 1.165) is 29.2 Å². The highest BCUT2D eigenvalue weighted by molar-refractivity contribution is 7.11. The van der Waals surface area contributed by atoms with Crippen LogP contribution in [0.2, 0.25) is 10.0 Å². The van der Waals surface area contributed by atoms with Gasteiger partial charge in [0.15, 0.2) is 0 Å². The van der Waals surface area contributed by atoms with Gasteiger partial charge in [0.1, 0.15) is 5.01 Å². The number of aryl methyl sites for hydroxylation is 2. The summed E-state index contributed by atoms with van der Waals surface area (Å²) in [5, 5.41) is 5.77. The van der Waals surface area contributed by atoms with Gasteiger partial charge in [0.2, 0.25) is 0 Å². The Balaban J connectivity index is 2.38. The molecule has 0 amide bonds. The molecule has 20 heavy (non-hydrogen) atoms. The molecule has 2 rings (SSSR count). The SMILES string of the molecule is CCCNC(c1ccc(Cl)c(Cl)c1)c1nc(C)c(C)s1. The van der Waals surface area contributed by atoms with Crippen LogP contribution in [0.4, 0.5) is 0 Å². The summed E-state index contributed by atoms with van der Waals surface area (Å²) in [7, 11) is 0. The standard InChI is InChI=1S/C15H18Cl2N2S/c1-4-7-18-14(15-19-9(2)10(3)20-15)11-5-6-12(16)13(17)8-11/h5-6,8,14,18H,4,7H2,1-3H3. The maximum Gasteiger partial charge on any atom is 0.115 e. The largest absolute Gasteiger partial charge is 0.304 e. The molecular formula is C15H18Cl2N2S. The van der Waals surface area contributed by atoms with Crippen molar-refractivity contribution in [3.05, 3.63) is 49.4 Å². The van der Waals surface area contributed by atoms with Crippen molar-refractivity contribution in [2.24, 2.45) is 0 Å². The zero-order valence-electron chi connectivity index (χ0n) is 11.8. The number of benzene rings is 1. The molecule has 0 aliphatic rings. The first kappa shape index (κ1) is 15.8. The Bertz CT molecular complexity index is 576. The maximum absolute atomic E-state index is 6.14. The second-order valence-electron chi connectivity index (χ2n) is 4.75. The number of halogens is 2. The summed E-state index contributed by atoms with van der Waals surface area (Å²) in [6, 6.07) is 5.84. The van der Waals surface area contributed by atoms with Crippen molar-refractivity contribution < 1.29 is 0 Å². The number of nitrogens with one attached hydrogen (secondary N) is 1. The summed E-state index contributed by atoms with van der Waals surface area (Å²) in [5.74, 6) is 0. The van der Waals surface area contributed by atoms with E-state index in [0.29, 0.717) is 10.0 Å². The van der Waals surface area contributed by atoms with Crippen LogP contribution in [0.5, 0.6) is 0 Å². The minimum Gasteiger partial charge on any atom is -0.304 e. The van der Waals surface area contributed by atoms with E-state index in [1.54, 1.807) is 11.3 Å². The van der Waals surface area contributed by atoms with Gasteiger partial charge in [0.25, 0.3) is 0 Å².